The first kappa shape index (κ1) is 13.1. The van der Waals surface area contributed by atoms with Crippen LogP contribution in [0.25, 0.3) is 10.9 Å². The second-order valence-corrected chi connectivity index (χ2v) is 4.18. The van der Waals surface area contributed by atoms with Gasteiger partial charge in [-0.15, -0.1) is 0 Å². The van der Waals surface area contributed by atoms with Gasteiger partial charge in [0.2, 0.25) is 0 Å². The van der Waals surface area contributed by atoms with Crippen molar-refractivity contribution < 1.29 is 9.47 Å². The Hall–Kier alpha value is -1.36. The van der Waals surface area contributed by atoms with Crippen LogP contribution in [0, 0.1) is 0 Å². The molecule has 0 amide bonds. The highest BCUT2D eigenvalue weighted by molar-refractivity contribution is 5.79. The first-order valence-electron chi connectivity index (χ1n) is 6.23. The van der Waals surface area contributed by atoms with E-state index in [2.05, 4.69) is 34.6 Å². The lowest BCUT2D eigenvalue weighted by Gasteiger charge is -2.06. The number of methoxy groups -OCH3 is 1. The lowest BCUT2D eigenvalue weighted by Crippen LogP contribution is -2.20. The van der Waals surface area contributed by atoms with Crippen molar-refractivity contribution >= 4 is 10.9 Å². The van der Waals surface area contributed by atoms with E-state index in [-0.39, 0.29) is 0 Å². The summed E-state index contributed by atoms with van der Waals surface area (Å²) >= 11 is 0. The van der Waals surface area contributed by atoms with Crippen molar-refractivity contribution in [1.29, 1.82) is 0 Å². The molecule has 0 fully saturated rings. The number of rotatable bonds is 8. The van der Waals surface area contributed by atoms with Crippen LogP contribution in [0.3, 0.4) is 0 Å². The summed E-state index contributed by atoms with van der Waals surface area (Å²) in [4.78, 5) is 3.22. The van der Waals surface area contributed by atoms with Crippen LogP contribution in [0.5, 0.6) is 0 Å². The molecule has 98 valence electrons. The second-order valence-electron chi connectivity index (χ2n) is 4.18. The monoisotopic (exact) mass is 248 g/mol. The molecule has 0 saturated carbocycles. The minimum atomic E-state index is 0.656. The SMILES string of the molecule is COCCOCCNCc1ccc2cc[nH]c2c1. The summed E-state index contributed by atoms with van der Waals surface area (Å²) in [7, 11) is 1.68. The van der Waals surface area contributed by atoms with Gasteiger partial charge in [0.15, 0.2) is 0 Å². The minimum absolute atomic E-state index is 0.656. The Morgan fingerprint density at radius 1 is 1.17 bits per heavy atom. The average Bonchev–Trinajstić information content (AvgIpc) is 2.85. The van der Waals surface area contributed by atoms with E-state index in [0.717, 1.165) is 13.1 Å². The maximum absolute atomic E-state index is 5.38. The Kier molecular flexibility index (Phi) is 5.20. The van der Waals surface area contributed by atoms with E-state index in [4.69, 9.17) is 9.47 Å². The highest BCUT2D eigenvalue weighted by Crippen LogP contribution is 2.13. The largest absolute Gasteiger partial charge is 0.382 e. The fraction of sp³-hybridized carbons (Fsp3) is 0.429. The van der Waals surface area contributed by atoms with Crippen LogP contribution in [0.15, 0.2) is 30.5 Å². The number of nitrogens with one attached hydrogen (secondary N) is 2. The summed E-state index contributed by atoms with van der Waals surface area (Å²) < 4.78 is 10.3. The summed E-state index contributed by atoms with van der Waals surface area (Å²) in [6.45, 7) is 3.75. The number of aromatic amines is 1. The minimum Gasteiger partial charge on any atom is -0.382 e. The van der Waals surface area contributed by atoms with Crippen LogP contribution < -0.4 is 5.32 Å². The molecule has 4 nitrogen and oxygen atoms in total. The van der Waals surface area contributed by atoms with Gasteiger partial charge in [-0.25, -0.2) is 0 Å². The van der Waals surface area contributed by atoms with E-state index in [9.17, 15) is 0 Å². The number of hydrogen-bond acceptors (Lipinski definition) is 3. The standard InChI is InChI=1S/C14H20N2O2/c1-17-8-9-18-7-6-15-11-12-2-3-13-4-5-16-14(13)10-12/h2-5,10,15-16H,6-9,11H2,1H3. The fourth-order valence-electron chi connectivity index (χ4n) is 1.83. The van der Waals surface area contributed by atoms with Crippen LogP contribution in [-0.4, -0.2) is 38.5 Å². The molecule has 0 saturated heterocycles. The van der Waals surface area contributed by atoms with Crippen LogP contribution in [-0.2, 0) is 16.0 Å². The molecule has 18 heavy (non-hydrogen) atoms. The van der Waals surface area contributed by atoms with E-state index >= 15 is 0 Å². The third-order valence-corrected chi connectivity index (χ3v) is 2.80. The molecule has 0 aliphatic rings. The highest BCUT2D eigenvalue weighted by Gasteiger charge is 1.97. The quantitative estimate of drug-likeness (QED) is 0.702. The van der Waals surface area contributed by atoms with E-state index in [0.29, 0.717) is 19.8 Å². The predicted octanol–water partition coefficient (Wildman–Crippen LogP) is 1.92. The molecule has 2 rings (SSSR count). The zero-order chi connectivity index (χ0) is 12.6. The van der Waals surface area contributed by atoms with E-state index in [1.54, 1.807) is 7.11 Å². The molecule has 4 heteroatoms. The van der Waals surface area contributed by atoms with Crippen molar-refractivity contribution in [2.24, 2.45) is 0 Å². The van der Waals surface area contributed by atoms with Crippen LogP contribution in [0.4, 0.5) is 0 Å². The van der Waals surface area contributed by atoms with Crippen LogP contribution >= 0.6 is 0 Å². The maximum atomic E-state index is 5.38. The molecular weight excluding hydrogens is 228 g/mol. The number of H-pyrrole nitrogens is 1. The summed E-state index contributed by atoms with van der Waals surface area (Å²) in [5.74, 6) is 0. The average molecular weight is 248 g/mol. The Bertz CT molecular complexity index is 468. The Labute approximate surface area is 107 Å². The normalized spacial score (nSPS) is 11.2. The van der Waals surface area contributed by atoms with Gasteiger partial charge in [0.25, 0.3) is 0 Å². The van der Waals surface area contributed by atoms with E-state index < -0.39 is 0 Å². The van der Waals surface area contributed by atoms with E-state index in [1.807, 2.05) is 6.20 Å². The van der Waals surface area contributed by atoms with Gasteiger partial charge in [-0.05, 0) is 23.1 Å². The lowest BCUT2D eigenvalue weighted by atomic mass is 10.1. The van der Waals surface area contributed by atoms with E-state index in [1.165, 1.54) is 16.5 Å². The van der Waals surface area contributed by atoms with Gasteiger partial charge in [-0.2, -0.15) is 0 Å². The molecule has 0 unspecified atom stereocenters. The molecule has 1 aromatic heterocycles. The fourth-order valence-corrected chi connectivity index (χ4v) is 1.83. The molecule has 1 aromatic carbocycles. The highest BCUT2D eigenvalue weighted by atomic mass is 16.5. The van der Waals surface area contributed by atoms with Gasteiger partial charge in [-0.3, -0.25) is 0 Å². The van der Waals surface area contributed by atoms with Gasteiger partial charge < -0.3 is 19.8 Å². The molecule has 0 atom stereocenters. The topological polar surface area (TPSA) is 46.3 Å². The van der Waals surface area contributed by atoms with Crippen LogP contribution in [0.1, 0.15) is 5.56 Å². The van der Waals surface area contributed by atoms with Gasteiger partial charge in [-0.1, -0.05) is 12.1 Å². The Morgan fingerprint density at radius 3 is 3.00 bits per heavy atom. The molecule has 0 spiro atoms. The summed E-state index contributed by atoms with van der Waals surface area (Å²) in [6, 6.07) is 8.54. The van der Waals surface area contributed by atoms with Crippen molar-refractivity contribution in [3.63, 3.8) is 0 Å². The summed E-state index contributed by atoms with van der Waals surface area (Å²) in [6.07, 6.45) is 1.96. The molecule has 1 heterocycles. The number of ether oxygens (including phenoxy) is 2. The molecular formula is C14H20N2O2. The molecule has 0 aliphatic heterocycles. The maximum Gasteiger partial charge on any atom is 0.0700 e. The van der Waals surface area contributed by atoms with Gasteiger partial charge in [0, 0.05) is 31.9 Å². The Morgan fingerprint density at radius 2 is 2.11 bits per heavy atom. The number of benzene rings is 1. The number of aromatic nitrogens is 1. The zero-order valence-corrected chi connectivity index (χ0v) is 10.7. The number of hydrogen-bond donors (Lipinski definition) is 2. The third-order valence-electron chi connectivity index (χ3n) is 2.80. The molecule has 0 aliphatic carbocycles. The van der Waals surface area contributed by atoms with Gasteiger partial charge >= 0.3 is 0 Å². The first-order chi connectivity index (χ1) is 8.90. The van der Waals surface area contributed by atoms with Gasteiger partial charge in [0.1, 0.15) is 0 Å². The van der Waals surface area contributed by atoms with Gasteiger partial charge in [0.05, 0.1) is 19.8 Å². The number of fused-ring (bicyclic) bond motifs is 1. The van der Waals surface area contributed by atoms with Crippen molar-refractivity contribution in [3.8, 4) is 0 Å². The molecule has 0 radical (unpaired) electrons. The second kappa shape index (κ2) is 7.16. The third kappa shape index (κ3) is 3.84. The smallest absolute Gasteiger partial charge is 0.0700 e. The summed E-state index contributed by atoms with van der Waals surface area (Å²) in [5.41, 5.74) is 2.47. The molecule has 0 bridgehead atoms. The van der Waals surface area contributed by atoms with Crippen LogP contribution in [0.2, 0.25) is 0 Å². The summed E-state index contributed by atoms with van der Waals surface area (Å²) in [5, 5.41) is 4.61. The first-order valence-corrected chi connectivity index (χ1v) is 6.23. The van der Waals surface area contributed by atoms with Crippen molar-refractivity contribution in [3.05, 3.63) is 36.0 Å². The predicted molar refractivity (Wildman–Crippen MR) is 72.7 cm³/mol. The molecule has 2 N–H and O–H groups in total. The van der Waals surface area contributed by atoms with Crippen molar-refractivity contribution in [2.75, 3.05) is 33.5 Å². The lowest BCUT2D eigenvalue weighted by molar-refractivity contribution is 0.0719. The Balaban J connectivity index is 1.67. The molecule has 2 aromatic rings. The van der Waals surface area contributed by atoms with Crippen molar-refractivity contribution in [2.45, 2.75) is 6.54 Å². The van der Waals surface area contributed by atoms with Crippen molar-refractivity contribution in [1.82, 2.24) is 10.3 Å². The zero-order valence-electron chi connectivity index (χ0n) is 10.7.